The summed E-state index contributed by atoms with van der Waals surface area (Å²) in [6, 6.07) is 4.69. The first kappa shape index (κ1) is 68.9. The summed E-state index contributed by atoms with van der Waals surface area (Å²) in [5.41, 5.74) is 12.1. The number of imidazole rings is 2. The van der Waals surface area contributed by atoms with Gasteiger partial charge in [0, 0.05) is 44.5 Å². The first-order chi connectivity index (χ1) is 42.8. The van der Waals surface area contributed by atoms with Crippen LogP contribution in [0, 0.1) is 11.8 Å². The Morgan fingerprint density at radius 3 is 2.00 bits per heavy atom. The van der Waals surface area contributed by atoms with Crippen molar-refractivity contribution in [3.63, 3.8) is 0 Å². The molecule has 1 aromatic carbocycles. The van der Waals surface area contributed by atoms with Gasteiger partial charge in [0.05, 0.1) is 51.7 Å². The highest BCUT2D eigenvalue weighted by Crippen LogP contribution is 2.55. The zero-order chi connectivity index (χ0) is 65.0. The van der Waals surface area contributed by atoms with Gasteiger partial charge in [0.2, 0.25) is 11.8 Å². The largest absolute Gasteiger partial charge is 0.447 e. The van der Waals surface area contributed by atoms with Gasteiger partial charge in [-0.15, -0.1) is 0 Å². The van der Waals surface area contributed by atoms with E-state index in [1.807, 2.05) is 0 Å². The molecule has 10 N–H and O–H groups in total. The fraction of sp³-hybridized carbons (Fsp3) is 0.549. The summed E-state index contributed by atoms with van der Waals surface area (Å²) in [5.74, 6) is -2.69. The van der Waals surface area contributed by atoms with Gasteiger partial charge < -0.3 is 74.8 Å². The second-order valence-corrected chi connectivity index (χ2v) is 26.7. The molecule has 2 unspecified atom stereocenters. The molecule has 3 aliphatic heterocycles. The number of nitrogens with two attached hydrogens (primary N) is 2. The normalized spacial score (nSPS) is 25.0. The van der Waals surface area contributed by atoms with Crippen molar-refractivity contribution in [2.24, 2.45) is 17.6 Å². The van der Waals surface area contributed by atoms with E-state index in [1.165, 1.54) is 24.9 Å². The third kappa shape index (κ3) is 18.2. The van der Waals surface area contributed by atoms with E-state index >= 15 is 8.78 Å². The lowest BCUT2D eigenvalue weighted by atomic mass is 9.89. The van der Waals surface area contributed by atoms with Crippen LogP contribution < -0.4 is 32.7 Å². The van der Waals surface area contributed by atoms with E-state index in [0.29, 0.717) is 17.7 Å². The van der Waals surface area contributed by atoms with E-state index < -0.39 is 118 Å². The maximum absolute atomic E-state index is 16.7. The molecule has 39 heteroatoms. The summed E-state index contributed by atoms with van der Waals surface area (Å²) < 4.78 is 85.8. The molecule has 0 aliphatic carbocycles. The summed E-state index contributed by atoms with van der Waals surface area (Å²) in [6.07, 6.45) is -10.6. The molecule has 0 spiro atoms. The number of carbonyl (C=O) groups excluding carboxylic acids is 7. The third-order valence-corrected chi connectivity index (χ3v) is 17.3. The number of primary amides is 1. The third-order valence-electron chi connectivity index (χ3n) is 14.2. The van der Waals surface area contributed by atoms with Gasteiger partial charge in [-0.3, -0.25) is 42.7 Å². The average molecular weight is 1340 g/mol. The highest BCUT2D eigenvalue weighted by molar-refractivity contribution is 8.07. The molecule has 12 atom stereocenters. The van der Waals surface area contributed by atoms with Crippen LogP contribution in [0.15, 0.2) is 49.6 Å². The molecule has 90 heavy (non-hydrogen) atoms. The van der Waals surface area contributed by atoms with Gasteiger partial charge in [-0.25, -0.2) is 53.1 Å². The molecular formula is C51H67F2N15O18P2S2. The van der Waals surface area contributed by atoms with Gasteiger partial charge in [-0.05, 0) is 67.0 Å². The van der Waals surface area contributed by atoms with Crippen LogP contribution in [0.3, 0.4) is 0 Å². The number of aromatic nitrogens is 8. The van der Waals surface area contributed by atoms with Gasteiger partial charge >= 0.3 is 31.7 Å². The maximum Gasteiger partial charge on any atom is 0.412 e. The second kappa shape index (κ2) is 30.9. The van der Waals surface area contributed by atoms with Crippen molar-refractivity contribution < 1.29 is 93.9 Å². The van der Waals surface area contributed by atoms with Crippen LogP contribution in [0.4, 0.5) is 40.5 Å². The molecule has 490 valence electrons. The Morgan fingerprint density at radius 2 is 1.40 bits per heavy atom. The highest BCUT2D eigenvalue weighted by atomic mass is 32.5. The van der Waals surface area contributed by atoms with Crippen LogP contribution in [-0.4, -0.2) is 191 Å². The van der Waals surface area contributed by atoms with Crippen molar-refractivity contribution in [1.82, 2.24) is 54.6 Å². The van der Waals surface area contributed by atoms with E-state index in [4.69, 9.17) is 76.9 Å². The van der Waals surface area contributed by atoms with Crippen molar-refractivity contribution in [3.05, 3.63) is 55.1 Å². The van der Waals surface area contributed by atoms with Crippen LogP contribution in [0.5, 0.6) is 0 Å². The van der Waals surface area contributed by atoms with Crippen LogP contribution >= 0.6 is 13.4 Å². The minimum atomic E-state index is -4.43. The van der Waals surface area contributed by atoms with E-state index in [2.05, 4.69) is 51.2 Å². The van der Waals surface area contributed by atoms with Crippen LogP contribution in [-0.2, 0) is 91.2 Å². The SMILES string of the molecule is CC(=O)CCOCCC(=O)N[C@H](C(=O)C[C@@H](CCCNC(N)=O)C(=O)Nc1ccc(COC(=O)N(C)CCOC(=O)Nc2ncnc3c2ncn3[C@@H]2O[C@@H]3COP(O)(=S)O[C@H]4[C@@H](F)[C@H](n5cnc6c(N)ncnc65)O[C@@H]4COP(O)(=S)O[C@H]3[C@H]2F)cc1)C(C)C. The van der Waals surface area contributed by atoms with Crippen molar-refractivity contribution in [2.45, 2.75) is 115 Å². The number of likely N-dealkylation sites (N-methyl/N-ethyl adjacent to an activating group) is 1. The number of alkyl halides is 2. The Morgan fingerprint density at radius 1 is 0.811 bits per heavy atom. The number of anilines is 3. The number of urea groups is 1. The summed E-state index contributed by atoms with van der Waals surface area (Å²) in [5, 5.41) is 10.4. The second-order valence-electron chi connectivity index (χ2n) is 21.1. The van der Waals surface area contributed by atoms with E-state index in [0.717, 1.165) is 28.4 Å². The molecular weight excluding hydrogens is 1270 g/mol. The standard InChI is InChI=1S/C51H67F2N15O18P2S2/c1-26(2)37(64-34(71)12-16-78-15-11-27(3)69)31(70)18-29(6-5-13-56-49(55)73)46(72)63-30-9-7-28(8-10-30)19-80-51(75)66(4)14-17-79-50(74)65-43-39-45(60-23-58-43)68(25-62-39)48-36(53)41-33(84-48)21-82-87(76,89)85-40-32(20-81-88(77,90)86-41)83-47(35(40)52)67-24-61-38-42(54)57-22-59-44(38)67/h7-10,22-26,29,32-33,35-37,40-41,47-48H,5-6,11-21H2,1-4H3,(H,63,72)(H,64,71)(H,76,89)(H,77,90)(H2,54,57,59)(H3,55,56,73)(H,58,60,65,74)/t29-,32-,33-,35-,36-,37+,40-,41-,47-,48-,87?,88?/m1/s1. The number of amides is 6. The molecule has 3 saturated heterocycles. The number of nitrogen functional groups attached to an aromatic ring is 1. The Balaban J connectivity index is 0.801. The number of ketones is 2. The number of nitrogens with zero attached hydrogens (tertiary/aromatic N) is 9. The van der Waals surface area contributed by atoms with Crippen LogP contribution in [0.2, 0.25) is 0 Å². The van der Waals surface area contributed by atoms with Gasteiger partial charge in [-0.1, -0.05) is 26.0 Å². The molecule has 5 aromatic rings. The molecule has 6 amide bonds. The number of halogens is 2. The summed E-state index contributed by atoms with van der Waals surface area (Å²) in [7, 11) is 1.40. The Labute approximate surface area is 521 Å². The summed E-state index contributed by atoms with van der Waals surface area (Å²) in [4.78, 5) is 137. The quantitative estimate of drug-likeness (QED) is 0.0307. The molecule has 0 radical (unpaired) electrons. The van der Waals surface area contributed by atoms with Gasteiger partial charge in [0.25, 0.3) is 0 Å². The molecule has 7 heterocycles. The fourth-order valence-corrected chi connectivity index (χ4v) is 12.4. The van der Waals surface area contributed by atoms with Gasteiger partial charge in [0.15, 0.2) is 59.0 Å². The number of Topliss-reactive ketones (excluding diaryl/α,β-unsaturated/α-hetero) is 2. The van der Waals surface area contributed by atoms with Crippen molar-refractivity contribution in [3.8, 4) is 0 Å². The molecule has 0 bridgehead atoms. The number of fused-ring (bicyclic) bond motifs is 4. The number of rotatable bonds is 25. The Kier molecular flexibility index (Phi) is 23.6. The zero-order valence-corrected chi connectivity index (χ0v) is 52.2. The van der Waals surface area contributed by atoms with Crippen LogP contribution in [0.1, 0.15) is 70.9 Å². The number of hydrogen-bond acceptors (Lipinski definition) is 25. The molecule has 3 fully saturated rings. The fourth-order valence-electron chi connectivity index (χ4n) is 9.53. The summed E-state index contributed by atoms with van der Waals surface area (Å²) >= 11 is 10.5. The van der Waals surface area contributed by atoms with Gasteiger partial charge in [0.1, 0.15) is 61.6 Å². The van der Waals surface area contributed by atoms with E-state index in [9.17, 15) is 43.3 Å². The lowest BCUT2D eigenvalue weighted by molar-refractivity contribution is -0.131. The number of ether oxygens (including phenoxy) is 5. The summed E-state index contributed by atoms with van der Waals surface area (Å²) in [6.45, 7) is -5.59. The molecule has 8 rings (SSSR count). The Bertz CT molecular complexity index is 3510. The highest BCUT2D eigenvalue weighted by Gasteiger charge is 2.54. The number of carbonyl (C=O) groups is 7. The lowest BCUT2D eigenvalue weighted by Gasteiger charge is -2.29. The topological polar surface area (TPSA) is 434 Å². The Hall–Kier alpha value is -6.99. The lowest BCUT2D eigenvalue weighted by Crippen LogP contribution is -2.45. The minimum absolute atomic E-state index is 0.0150. The number of hydrogen-bond donors (Lipinski definition) is 8. The predicted molar refractivity (Wildman–Crippen MR) is 318 cm³/mol. The average Bonchev–Trinajstić information content (AvgIpc) is 1.65. The maximum atomic E-state index is 16.7. The van der Waals surface area contributed by atoms with Gasteiger partial charge in [-0.2, -0.15) is 0 Å². The van der Waals surface area contributed by atoms with Crippen molar-refractivity contribution in [1.29, 1.82) is 0 Å². The smallest absolute Gasteiger partial charge is 0.412 e. The minimum Gasteiger partial charge on any atom is -0.447 e. The number of benzene rings is 1. The molecule has 0 saturated carbocycles. The predicted octanol–water partition coefficient (Wildman–Crippen LogP) is 3.28. The van der Waals surface area contributed by atoms with E-state index in [1.54, 1.807) is 38.1 Å². The monoisotopic (exact) mass is 1340 g/mol. The van der Waals surface area contributed by atoms with Crippen molar-refractivity contribution >= 4 is 118 Å². The molecule has 4 aromatic heterocycles. The molecule has 3 aliphatic rings. The number of nitrogens with one attached hydrogen (secondary N) is 4. The van der Waals surface area contributed by atoms with Crippen LogP contribution in [0.25, 0.3) is 22.3 Å². The zero-order valence-electron chi connectivity index (χ0n) is 48.7. The first-order valence-electron chi connectivity index (χ1n) is 27.9. The first-order valence-corrected chi connectivity index (χ1v) is 33.1. The molecule has 33 nitrogen and oxygen atoms in total. The van der Waals surface area contributed by atoms with E-state index in [-0.39, 0.29) is 117 Å². The van der Waals surface area contributed by atoms with Crippen molar-refractivity contribution in [2.75, 3.05) is 69.5 Å².